The third-order valence-corrected chi connectivity index (χ3v) is 2.79. The zero-order valence-electron chi connectivity index (χ0n) is 11.4. The quantitative estimate of drug-likeness (QED) is 0.806. The molecule has 2 amide bonds. The number of hydrogen-bond acceptors (Lipinski definition) is 4. The number of benzene rings is 1. The number of carboxylic acids is 1. The maximum Gasteiger partial charge on any atom is 0.332 e. The van der Waals surface area contributed by atoms with E-state index < -0.39 is 23.9 Å². The summed E-state index contributed by atoms with van der Waals surface area (Å²) in [6, 6.07) is 6.39. The van der Waals surface area contributed by atoms with E-state index in [1.165, 1.54) is 0 Å². The van der Waals surface area contributed by atoms with Gasteiger partial charge in [-0.25, -0.2) is 4.79 Å². The minimum Gasteiger partial charge on any atom is -0.479 e. The maximum atomic E-state index is 11.9. The number of fused-ring (bicyclic) bond motifs is 1. The number of carbonyl (C=O) groups excluding carboxylic acids is 2. The standard InChI is InChI=1S/C12H11NO5.C2H6/c14-9(12(17)18)5-6-13-10(15)7-3-1-2-4-8(7)11(13)16;1-2/h1-4,9,14H,5-6H2,(H,17,18);1-2H3. The number of carboxylic acid groups (broad SMARTS) is 1. The first-order chi connectivity index (χ1) is 9.52. The van der Waals surface area contributed by atoms with Gasteiger partial charge in [-0.05, 0) is 12.1 Å². The van der Waals surface area contributed by atoms with E-state index in [-0.39, 0.29) is 13.0 Å². The van der Waals surface area contributed by atoms with Crippen molar-refractivity contribution in [1.29, 1.82) is 0 Å². The number of rotatable bonds is 4. The molecule has 108 valence electrons. The summed E-state index contributed by atoms with van der Waals surface area (Å²) in [5.74, 6) is -2.27. The van der Waals surface area contributed by atoms with Crippen molar-refractivity contribution in [3.05, 3.63) is 35.4 Å². The van der Waals surface area contributed by atoms with Crippen LogP contribution < -0.4 is 0 Å². The van der Waals surface area contributed by atoms with Crippen LogP contribution in [0.2, 0.25) is 0 Å². The Morgan fingerprint density at radius 3 is 2.00 bits per heavy atom. The number of carbonyl (C=O) groups is 3. The third-order valence-electron chi connectivity index (χ3n) is 2.79. The minimum atomic E-state index is -1.57. The van der Waals surface area contributed by atoms with Gasteiger partial charge in [-0.15, -0.1) is 0 Å². The van der Waals surface area contributed by atoms with E-state index in [9.17, 15) is 14.4 Å². The predicted molar refractivity (Wildman–Crippen MR) is 71.4 cm³/mol. The van der Waals surface area contributed by atoms with Crippen molar-refractivity contribution in [3.8, 4) is 0 Å². The Balaban J connectivity index is 0.000000956. The summed E-state index contributed by atoms with van der Waals surface area (Å²) in [6.45, 7) is 3.89. The summed E-state index contributed by atoms with van der Waals surface area (Å²) in [7, 11) is 0. The molecule has 2 N–H and O–H groups in total. The summed E-state index contributed by atoms with van der Waals surface area (Å²) in [4.78, 5) is 35.1. The predicted octanol–water partition coefficient (Wildman–Crippen LogP) is 1.14. The number of hydrogen-bond donors (Lipinski definition) is 2. The van der Waals surface area contributed by atoms with E-state index in [4.69, 9.17) is 10.2 Å². The van der Waals surface area contributed by atoms with Crippen LogP contribution in [0.4, 0.5) is 0 Å². The third kappa shape index (κ3) is 3.03. The topological polar surface area (TPSA) is 94.9 Å². The van der Waals surface area contributed by atoms with Crippen LogP contribution in [-0.4, -0.2) is 45.5 Å². The maximum absolute atomic E-state index is 11.9. The molecule has 0 aliphatic carbocycles. The summed E-state index contributed by atoms with van der Waals surface area (Å²) in [5, 5.41) is 17.7. The second kappa shape index (κ2) is 6.81. The molecule has 1 unspecified atom stereocenters. The number of nitrogens with zero attached hydrogens (tertiary/aromatic N) is 1. The lowest BCUT2D eigenvalue weighted by atomic mass is 10.1. The van der Waals surface area contributed by atoms with Gasteiger partial charge in [0.05, 0.1) is 11.1 Å². The van der Waals surface area contributed by atoms with Crippen LogP contribution in [0.15, 0.2) is 24.3 Å². The fourth-order valence-electron chi connectivity index (χ4n) is 1.82. The average molecular weight is 279 g/mol. The van der Waals surface area contributed by atoms with Gasteiger partial charge in [0.2, 0.25) is 0 Å². The molecule has 0 saturated carbocycles. The van der Waals surface area contributed by atoms with E-state index in [2.05, 4.69) is 0 Å². The lowest BCUT2D eigenvalue weighted by Gasteiger charge is -2.14. The van der Waals surface area contributed by atoms with Gasteiger partial charge in [-0.1, -0.05) is 26.0 Å². The van der Waals surface area contributed by atoms with Gasteiger partial charge in [0.1, 0.15) is 0 Å². The van der Waals surface area contributed by atoms with Crippen molar-refractivity contribution >= 4 is 17.8 Å². The summed E-state index contributed by atoms with van der Waals surface area (Å²) in [6.07, 6.45) is -1.75. The zero-order valence-corrected chi connectivity index (χ0v) is 11.4. The number of amides is 2. The van der Waals surface area contributed by atoms with Crippen LogP contribution >= 0.6 is 0 Å². The highest BCUT2D eigenvalue weighted by Crippen LogP contribution is 2.22. The molecule has 0 fully saturated rings. The van der Waals surface area contributed by atoms with Crippen LogP contribution in [-0.2, 0) is 4.79 Å². The van der Waals surface area contributed by atoms with Gasteiger partial charge in [0, 0.05) is 13.0 Å². The van der Waals surface area contributed by atoms with Gasteiger partial charge in [-0.2, -0.15) is 0 Å². The molecule has 2 rings (SSSR count). The first-order valence-corrected chi connectivity index (χ1v) is 6.38. The zero-order chi connectivity index (χ0) is 15.3. The van der Waals surface area contributed by atoms with Crippen LogP contribution in [0.1, 0.15) is 41.0 Å². The molecule has 0 saturated heterocycles. The molecular formula is C14H17NO5. The lowest BCUT2D eigenvalue weighted by Crippen LogP contribution is -2.34. The molecule has 1 atom stereocenters. The van der Waals surface area contributed by atoms with Crippen LogP contribution in [0.25, 0.3) is 0 Å². The minimum absolute atomic E-state index is 0.111. The largest absolute Gasteiger partial charge is 0.479 e. The Morgan fingerprint density at radius 1 is 1.15 bits per heavy atom. The Labute approximate surface area is 116 Å². The number of aliphatic hydroxyl groups excluding tert-OH is 1. The lowest BCUT2D eigenvalue weighted by molar-refractivity contribution is -0.147. The van der Waals surface area contributed by atoms with E-state index in [1.807, 2.05) is 13.8 Å². The van der Waals surface area contributed by atoms with E-state index in [0.29, 0.717) is 11.1 Å². The van der Waals surface area contributed by atoms with Crippen molar-refractivity contribution in [2.45, 2.75) is 26.4 Å². The van der Waals surface area contributed by atoms with E-state index in [1.54, 1.807) is 24.3 Å². The summed E-state index contributed by atoms with van der Waals surface area (Å²) in [5.41, 5.74) is 0.625. The fraction of sp³-hybridized carbons (Fsp3) is 0.357. The molecule has 1 aliphatic heterocycles. The summed E-state index contributed by atoms with van der Waals surface area (Å²) < 4.78 is 0. The Hall–Kier alpha value is -2.21. The smallest absolute Gasteiger partial charge is 0.332 e. The van der Waals surface area contributed by atoms with Crippen molar-refractivity contribution in [1.82, 2.24) is 4.90 Å². The van der Waals surface area contributed by atoms with E-state index in [0.717, 1.165) is 4.90 Å². The molecule has 6 nitrogen and oxygen atoms in total. The molecule has 20 heavy (non-hydrogen) atoms. The van der Waals surface area contributed by atoms with Crippen LogP contribution in [0.3, 0.4) is 0 Å². The normalized spacial score (nSPS) is 14.4. The molecule has 0 radical (unpaired) electrons. The molecule has 0 spiro atoms. The molecule has 1 aliphatic rings. The van der Waals surface area contributed by atoms with Gasteiger partial charge < -0.3 is 10.2 Å². The van der Waals surface area contributed by atoms with Crippen molar-refractivity contribution in [2.24, 2.45) is 0 Å². The average Bonchev–Trinajstić information content (AvgIpc) is 2.71. The molecule has 1 heterocycles. The van der Waals surface area contributed by atoms with Gasteiger partial charge in [-0.3, -0.25) is 14.5 Å². The van der Waals surface area contributed by atoms with Crippen LogP contribution in [0.5, 0.6) is 0 Å². The highest BCUT2D eigenvalue weighted by molar-refractivity contribution is 6.21. The van der Waals surface area contributed by atoms with Gasteiger partial charge >= 0.3 is 5.97 Å². The Kier molecular flexibility index (Phi) is 5.40. The van der Waals surface area contributed by atoms with Crippen LogP contribution in [0, 0.1) is 0 Å². The molecule has 1 aromatic carbocycles. The molecule has 0 bridgehead atoms. The SMILES string of the molecule is CC.O=C(O)C(O)CCN1C(=O)c2ccccc2C1=O. The second-order valence-electron chi connectivity index (χ2n) is 3.95. The fourth-order valence-corrected chi connectivity index (χ4v) is 1.82. The number of aliphatic carboxylic acids is 1. The van der Waals surface area contributed by atoms with Gasteiger partial charge in [0.15, 0.2) is 6.10 Å². The first-order valence-electron chi connectivity index (χ1n) is 6.38. The van der Waals surface area contributed by atoms with Crippen molar-refractivity contribution in [2.75, 3.05) is 6.54 Å². The monoisotopic (exact) mass is 279 g/mol. The van der Waals surface area contributed by atoms with E-state index >= 15 is 0 Å². The Bertz CT molecular complexity index is 491. The first kappa shape index (κ1) is 15.8. The molecule has 6 heteroatoms. The molecule has 0 aromatic heterocycles. The van der Waals surface area contributed by atoms with Crippen molar-refractivity contribution < 1.29 is 24.6 Å². The second-order valence-corrected chi connectivity index (χ2v) is 3.95. The number of imide groups is 1. The highest BCUT2D eigenvalue weighted by atomic mass is 16.4. The molecule has 1 aromatic rings. The van der Waals surface area contributed by atoms with Crippen molar-refractivity contribution in [3.63, 3.8) is 0 Å². The van der Waals surface area contributed by atoms with Gasteiger partial charge in [0.25, 0.3) is 11.8 Å². The number of aliphatic hydroxyl groups is 1. The Morgan fingerprint density at radius 2 is 1.60 bits per heavy atom. The molecular weight excluding hydrogens is 262 g/mol. The highest BCUT2D eigenvalue weighted by Gasteiger charge is 2.35. The summed E-state index contributed by atoms with van der Waals surface area (Å²) >= 11 is 0.